The first-order chi connectivity index (χ1) is 10.6. The summed E-state index contributed by atoms with van der Waals surface area (Å²) >= 11 is 0. The van der Waals surface area contributed by atoms with Crippen LogP contribution in [0.4, 0.5) is 0 Å². The largest absolute Gasteiger partial charge is 0.483 e. The molecule has 1 heterocycles. The Morgan fingerprint density at radius 3 is 2.77 bits per heavy atom. The molecule has 1 amide bonds. The number of primary amides is 1. The minimum absolute atomic E-state index is 0.143. The van der Waals surface area contributed by atoms with Crippen LogP contribution in [0.25, 0.3) is 0 Å². The monoisotopic (exact) mass is 305 g/mol. The fraction of sp³-hybridized carbons (Fsp3) is 0.286. The number of hydrogen-bond donors (Lipinski definition) is 1. The van der Waals surface area contributed by atoms with Crippen molar-refractivity contribution in [1.29, 1.82) is 0 Å². The fourth-order valence-electron chi connectivity index (χ4n) is 1.61. The Hall–Kier alpha value is -2.90. The van der Waals surface area contributed by atoms with Gasteiger partial charge in [-0.2, -0.15) is 4.98 Å². The van der Waals surface area contributed by atoms with Crippen LogP contribution in [-0.4, -0.2) is 28.6 Å². The van der Waals surface area contributed by atoms with E-state index < -0.39 is 11.9 Å². The van der Waals surface area contributed by atoms with Crippen molar-refractivity contribution < 1.29 is 23.6 Å². The number of carbonyl (C=O) groups excluding carboxylic acids is 2. The van der Waals surface area contributed by atoms with Crippen LogP contribution >= 0.6 is 0 Å². The van der Waals surface area contributed by atoms with E-state index in [1.807, 2.05) is 6.92 Å². The second-order valence-electron chi connectivity index (χ2n) is 4.29. The molecule has 8 nitrogen and oxygen atoms in total. The molecule has 0 aliphatic carbocycles. The molecule has 1 aromatic heterocycles. The molecule has 0 radical (unpaired) electrons. The number of esters is 1. The second kappa shape index (κ2) is 7.21. The topological polar surface area (TPSA) is 118 Å². The van der Waals surface area contributed by atoms with Crippen molar-refractivity contribution in [3.05, 3.63) is 41.5 Å². The van der Waals surface area contributed by atoms with Crippen molar-refractivity contribution in [2.45, 2.75) is 20.0 Å². The van der Waals surface area contributed by atoms with Gasteiger partial charge in [-0.05, 0) is 12.1 Å². The molecule has 0 atom stereocenters. The number of aromatic nitrogens is 2. The second-order valence-corrected chi connectivity index (χ2v) is 4.29. The highest BCUT2D eigenvalue weighted by Crippen LogP contribution is 2.19. The lowest BCUT2D eigenvalue weighted by Gasteiger charge is -2.09. The molecule has 0 unspecified atom stereocenters. The van der Waals surface area contributed by atoms with E-state index in [9.17, 15) is 9.59 Å². The first kappa shape index (κ1) is 15.5. The number of para-hydroxylation sites is 1. The molecule has 0 aliphatic heterocycles. The predicted molar refractivity (Wildman–Crippen MR) is 73.9 cm³/mol. The molecule has 22 heavy (non-hydrogen) atoms. The molecule has 2 N–H and O–H groups in total. The van der Waals surface area contributed by atoms with Crippen LogP contribution < -0.4 is 10.5 Å². The van der Waals surface area contributed by atoms with Crippen molar-refractivity contribution >= 4 is 11.9 Å². The van der Waals surface area contributed by atoms with Gasteiger partial charge in [0.2, 0.25) is 0 Å². The molecular weight excluding hydrogens is 290 g/mol. The minimum atomic E-state index is -0.638. The number of carbonyl (C=O) groups is 2. The zero-order valence-corrected chi connectivity index (χ0v) is 11.9. The Morgan fingerprint density at radius 1 is 1.32 bits per heavy atom. The van der Waals surface area contributed by atoms with Crippen LogP contribution in [0.15, 0.2) is 28.8 Å². The number of benzene rings is 1. The number of aryl methyl sites for hydroxylation is 1. The van der Waals surface area contributed by atoms with Gasteiger partial charge in [-0.15, -0.1) is 0 Å². The maximum atomic E-state index is 12.1. The summed E-state index contributed by atoms with van der Waals surface area (Å²) in [6.07, 6.45) is 0.626. The average molecular weight is 305 g/mol. The Morgan fingerprint density at radius 2 is 2.09 bits per heavy atom. The lowest BCUT2D eigenvalue weighted by Crippen LogP contribution is -2.21. The predicted octanol–water partition coefficient (Wildman–Crippen LogP) is 0.853. The number of nitrogens with zero attached hydrogens (tertiary/aromatic N) is 2. The number of ether oxygens (including phenoxy) is 2. The summed E-state index contributed by atoms with van der Waals surface area (Å²) in [5, 5.41) is 3.70. The summed E-state index contributed by atoms with van der Waals surface area (Å²) in [5.74, 6) is -0.305. The SMILES string of the molecule is CCc1noc(COC(=O)c2ccccc2OCC(N)=O)n1. The van der Waals surface area contributed by atoms with Crippen LogP contribution in [0.3, 0.4) is 0 Å². The van der Waals surface area contributed by atoms with Crippen molar-refractivity contribution in [1.82, 2.24) is 10.1 Å². The van der Waals surface area contributed by atoms with Gasteiger partial charge in [0.05, 0.1) is 0 Å². The lowest BCUT2D eigenvalue weighted by atomic mass is 10.2. The summed E-state index contributed by atoms with van der Waals surface area (Å²) in [5.41, 5.74) is 5.19. The third kappa shape index (κ3) is 4.05. The van der Waals surface area contributed by atoms with Gasteiger partial charge >= 0.3 is 5.97 Å². The third-order valence-corrected chi connectivity index (χ3v) is 2.63. The van der Waals surface area contributed by atoms with Crippen molar-refractivity contribution in [3.8, 4) is 5.75 Å². The molecule has 2 rings (SSSR count). The quantitative estimate of drug-likeness (QED) is 0.753. The maximum Gasteiger partial charge on any atom is 0.342 e. The zero-order valence-electron chi connectivity index (χ0n) is 11.9. The smallest absolute Gasteiger partial charge is 0.342 e. The maximum absolute atomic E-state index is 12.1. The Labute approximate surface area is 126 Å². The molecule has 0 spiro atoms. The fourth-order valence-corrected chi connectivity index (χ4v) is 1.61. The molecule has 2 aromatic rings. The van der Waals surface area contributed by atoms with Crippen LogP contribution in [0.2, 0.25) is 0 Å². The standard InChI is InChI=1S/C14H15N3O5/c1-2-12-16-13(22-17-12)8-21-14(19)9-5-3-4-6-10(9)20-7-11(15)18/h3-6H,2,7-8H2,1H3,(H2,15,18). The van der Waals surface area contributed by atoms with Crippen LogP contribution in [0.1, 0.15) is 29.0 Å². The number of amides is 1. The average Bonchev–Trinajstić information content (AvgIpc) is 2.99. The molecular formula is C14H15N3O5. The Bertz CT molecular complexity index is 668. The molecule has 0 saturated heterocycles. The normalized spacial score (nSPS) is 10.2. The Kier molecular flexibility index (Phi) is 5.07. The molecule has 116 valence electrons. The Balaban J connectivity index is 2.01. The number of hydrogen-bond acceptors (Lipinski definition) is 7. The van der Waals surface area contributed by atoms with Crippen molar-refractivity contribution in [3.63, 3.8) is 0 Å². The van der Waals surface area contributed by atoms with E-state index in [2.05, 4.69) is 10.1 Å². The van der Waals surface area contributed by atoms with Crippen LogP contribution in [-0.2, 0) is 22.6 Å². The van der Waals surface area contributed by atoms with Gasteiger partial charge in [0.15, 0.2) is 19.0 Å². The first-order valence-corrected chi connectivity index (χ1v) is 6.59. The van der Waals surface area contributed by atoms with Gasteiger partial charge < -0.3 is 19.7 Å². The third-order valence-electron chi connectivity index (χ3n) is 2.63. The van der Waals surface area contributed by atoms with E-state index in [1.165, 1.54) is 6.07 Å². The highest BCUT2D eigenvalue weighted by atomic mass is 16.6. The van der Waals surface area contributed by atoms with Gasteiger partial charge in [0.1, 0.15) is 11.3 Å². The van der Waals surface area contributed by atoms with Gasteiger partial charge in [-0.1, -0.05) is 24.2 Å². The van der Waals surface area contributed by atoms with E-state index in [4.69, 9.17) is 19.7 Å². The summed E-state index contributed by atoms with van der Waals surface area (Å²) < 4.78 is 15.2. The molecule has 1 aromatic carbocycles. The van der Waals surface area contributed by atoms with E-state index in [0.29, 0.717) is 12.2 Å². The summed E-state index contributed by atoms with van der Waals surface area (Å²) in [4.78, 5) is 26.8. The highest BCUT2D eigenvalue weighted by molar-refractivity contribution is 5.92. The van der Waals surface area contributed by atoms with Crippen LogP contribution in [0, 0.1) is 0 Å². The zero-order chi connectivity index (χ0) is 15.9. The van der Waals surface area contributed by atoms with Crippen molar-refractivity contribution in [2.75, 3.05) is 6.61 Å². The van der Waals surface area contributed by atoms with Gasteiger partial charge in [-0.25, -0.2) is 4.79 Å². The highest BCUT2D eigenvalue weighted by Gasteiger charge is 2.16. The summed E-state index contributed by atoms with van der Waals surface area (Å²) in [6, 6.07) is 6.37. The van der Waals surface area contributed by atoms with Gasteiger partial charge in [0.25, 0.3) is 11.8 Å². The summed E-state index contributed by atoms with van der Waals surface area (Å²) in [7, 11) is 0. The minimum Gasteiger partial charge on any atom is -0.483 e. The molecule has 0 bridgehead atoms. The lowest BCUT2D eigenvalue weighted by molar-refractivity contribution is -0.119. The number of rotatable bonds is 7. The van der Waals surface area contributed by atoms with Gasteiger partial charge in [-0.3, -0.25) is 4.79 Å². The van der Waals surface area contributed by atoms with E-state index >= 15 is 0 Å². The number of nitrogens with two attached hydrogens (primary N) is 1. The van der Waals surface area contributed by atoms with E-state index in [1.54, 1.807) is 18.2 Å². The first-order valence-electron chi connectivity index (χ1n) is 6.59. The molecule has 0 saturated carbocycles. The van der Waals surface area contributed by atoms with Crippen LogP contribution in [0.5, 0.6) is 5.75 Å². The van der Waals surface area contributed by atoms with Crippen molar-refractivity contribution in [2.24, 2.45) is 5.73 Å². The molecule has 0 fully saturated rings. The van der Waals surface area contributed by atoms with E-state index in [-0.39, 0.29) is 30.4 Å². The van der Waals surface area contributed by atoms with E-state index in [0.717, 1.165) is 0 Å². The van der Waals surface area contributed by atoms with Gasteiger partial charge in [0, 0.05) is 6.42 Å². The molecule has 8 heteroatoms. The molecule has 0 aliphatic rings. The summed E-state index contributed by atoms with van der Waals surface area (Å²) in [6.45, 7) is 1.41.